The van der Waals surface area contributed by atoms with E-state index in [-0.39, 0.29) is 6.42 Å². The van der Waals surface area contributed by atoms with Crippen molar-refractivity contribution in [2.24, 2.45) is 0 Å². The van der Waals surface area contributed by atoms with Crippen LogP contribution in [0.5, 0.6) is 0 Å². The average Bonchev–Trinajstić information content (AvgIpc) is 2.03. The minimum atomic E-state index is -0.775. The number of carboxylic acids is 1. The molecule has 1 aromatic carbocycles. The topological polar surface area (TPSA) is 37.3 Å². The lowest BCUT2D eigenvalue weighted by molar-refractivity contribution is -0.136. The molecule has 2 heteroatoms. The molecular formula is C10H12O2. The molecule has 0 aliphatic heterocycles. The Kier molecular flexibility index (Phi) is 2.86. The summed E-state index contributed by atoms with van der Waals surface area (Å²) in [6.07, 6.45) is 1.07. The predicted octanol–water partition coefficient (Wildman–Crippen LogP) is 1.88. The van der Waals surface area contributed by atoms with Gasteiger partial charge in [0.1, 0.15) is 0 Å². The maximum atomic E-state index is 10.4. The van der Waals surface area contributed by atoms with Gasteiger partial charge < -0.3 is 5.11 Å². The molecule has 0 atom stereocenters. The first kappa shape index (κ1) is 8.78. The van der Waals surface area contributed by atoms with Crippen LogP contribution >= 0.6 is 0 Å². The molecule has 2 nitrogen and oxygen atoms in total. The lowest BCUT2D eigenvalue weighted by atomic mass is 10.1. The fraction of sp³-hybridized carbons (Fsp3) is 0.300. The van der Waals surface area contributed by atoms with E-state index in [0.29, 0.717) is 0 Å². The van der Waals surface area contributed by atoms with Crippen molar-refractivity contribution in [1.82, 2.24) is 0 Å². The van der Waals surface area contributed by atoms with Crippen LogP contribution in [0.1, 0.15) is 18.1 Å². The Morgan fingerprint density at radius 1 is 1.42 bits per heavy atom. The molecule has 0 unspecified atom stereocenters. The Morgan fingerprint density at radius 2 is 2.08 bits per heavy atom. The zero-order chi connectivity index (χ0) is 8.97. The number of aryl methyl sites for hydroxylation is 1. The smallest absolute Gasteiger partial charge is 0.307 e. The highest BCUT2D eigenvalue weighted by molar-refractivity contribution is 5.70. The van der Waals surface area contributed by atoms with Crippen molar-refractivity contribution in [2.45, 2.75) is 19.8 Å². The van der Waals surface area contributed by atoms with Crippen LogP contribution < -0.4 is 0 Å². The van der Waals surface area contributed by atoms with Crippen LogP contribution in [0.15, 0.2) is 24.3 Å². The Balaban J connectivity index is 2.79. The molecule has 0 saturated carbocycles. The maximum absolute atomic E-state index is 10.4. The second-order valence-electron chi connectivity index (χ2n) is 2.74. The number of carbonyl (C=O) groups is 1. The van der Waals surface area contributed by atoms with Crippen molar-refractivity contribution in [2.75, 3.05) is 0 Å². The summed E-state index contributed by atoms with van der Waals surface area (Å²) in [4.78, 5) is 10.4. The Labute approximate surface area is 71.8 Å². The third-order valence-electron chi connectivity index (χ3n) is 1.75. The van der Waals surface area contributed by atoms with Crippen molar-refractivity contribution in [3.8, 4) is 0 Å². The number of hydrogen-bond acceptors (Lipinski definition) is 1. The summed E-state index contributed by atoms with van der Waals surface area (Å²) in [7, 11) is 0. The summed E-state index contributed by atoms with van der Waals surface area (Å²) >= 11 is 0. The minimum Gasteiger partial charge on any atom is -0.481 e. The van der Waals surface area contributed by atoms with Gasteiger partial charge >= 0.3 is 5.97 Å². The lowest BCUT2D eigenvalue weighted by Gasteiger charge is -1.99. The maximum Gasteiger partial charge on any atom is 0.307 e. The standard InChI is InChI=1S/C10H12O2/c1-2-8-4-3-5-9(6-8)7-10(11)12/h3-6H,2,7H2,1H3,(H,11,12). The van der Waals surface area contributed by atoms with E-state index in [9.17, 15) is 4.79 Å². The van der Waals surface area contributed by atoms with Crippen LogP contribution in [0.4, 0.5) is 0 Å². The van der Waals surface area contributed by atoms with E-state index >= 15 is 0 Å². The molecule has 0 saturated heterocycles. The molecule has 0 heterocycles. The third kappa shape index (κ3) is 2.38. The van der Waals surface area contributed by atoms with Gasteiger partial charge in [-0.3, -0.25) is 4.79 Å². The SMILES string of the molecule is CCc1cccc(CC(=O)O)c1. The molecule has 0 amide bonds. The van der Waals surface area contributed by atoms with Crippen LogP contribution in [-0.4, -0.2) is 11.1 Å². The first-order valence-electron chi connectivity index (χ1n) is 4.02. The summed E-state index contributed by atoms with van der Waals surface area (Å²) in [5.74, 6) is -0.775. The van der Waals surface area contributed by atoms with Gasteiger partial charge in [-0.25, -0.2) is 0 Å². The van der Waals surface area contributed by atoms with E-state index in [1.807, 2.05) is 24.3 Å². The Bertz CT molecular complexity index is 279. The van der Waals surface area contributed by atoms with E-state index in [2.05, 4.69) is 6.92 Å². The van der Waals surface area contributed by atoms with E-state index in [0.717, 1.165) is 12.0 Å². The molecule has 0 bridgehead atoms. The zero-order valence-corrected chi connectivity index (χ0v) is 7.08. The fourth-order valence-electron chi connectivity index (χ4n) is 1.13. The molecule has 1 rings (SSSR count). The summed E-state index contributed by atoms with van der Waals surface area (Å²) in [5, 5.41) is 8.53. The van der Waals surface area contributed by atoms with Gasteiger partial charge in [-0.2, -0.15) is 0 Å². The molecule has 0 fully saturated rings. The highest BCUT2D eigenvalue weighted by Gasteiger charge is 1.99. The molecule has 0 aliphatic carbocycles. The third-order valence-corrected chi connectivity index (χ3v) is 1.75. The molecule has 0 radical (unpaired) electrons. The van der Waals surface area contributed by atoms with E-state index in [1.165, 1.54) is 5.56 Å². The van der Waals surface area contributed by atoms with Gasteiger partial charge in [0, 0.05) is 0 Å². The number of aliphatic carboxylic acids is 1. The van der Waals surface area contributed by atoms with Gasteiger partial charge in [0.25, 0.3) is 0 Å². The van der Waals surface area contributed by atoms with Crippen LogP contribution in [0.2, 0.25) is 0 Å². The summed E-state index contributed by atoms with van der Waals surface area (Å²) in [6, 6.07) is 7.68. The van der Waals surface area contributed by atoms with Gasteiger partial charge in [0.15, 0.2) is 0 Å². The number of rotatable bonds is 3. The van der Waals surface area contributed by atoms with Crippen molar-refractivity contribution in [1.29, 1.82) is 0 Å². The summed E-state index contributed by atoms with van der Waals surface area (Å²) in [6.45, 7) is 2.06. The van der Waals surface area contributed by atoms with E-state index < -0.39 is 5.97 Å². The van der Waals surface area contributed by atoms with Crippen LogP contribution in [0, 0.1) is 0 Å². The molecular weight excluding hydrogens is 152 g/mol. The molecule has 0 spiro atoms. The van der Waals surface area contributed by atoms with Crippen LogP contribution in [0.25, 0.3) is 0 Å². The normalized spacial score (nSPS) is 9.75. The molecule has 12 heavy (non-hydrogen) atoms. The monoisotopic (exact) mass is 164 g/mol. The molecule has 1 aromatic rings. The van der Waals surface area contributed by atoms with Crippen molar-refractivity contribution in [3.05, 3.63) is 35.4 Å². The lowest BCUT2D eigenvalue weighted by Crippen LogP contribution is -2.00. The van der Waals surface area contributed by atoms with Crippen molar-refractivity contribution in [3.63, 3.8) is 0 Å². The van der Waals surface area contributed by atoms with Crippen LogP contribution in [-0.2, 0) is 17.6 Å². The van der Waals surface area contributed by atoms with Gasteiger partial charge in [-0.1, -0.05) is 31.2 Å². The van der Waals surface area contributed by atoms with Gasteiger partial charge in [0.2, 0.25) is 0 Å². The average molecular weight is 164 g/mol. The fourth-order valence-corrected chi connectivity index (χ4v) is 1.13. The highest BCUT2D eigenvalue weighted by Crippen LogP contribution is 2.06. The number of benzene rings is 1. The number of carboxylic acid groups (broad SMARTS) is 1. The number of hydrogen-bond donors (Lipinski definition) is 1. The van der Waals surface area contributed by atoms with Crippen molar-refractivity contribution >= 4 is 5.97 Å². The van der Waals surface area contributed by atoms with Crippen LogP contribution in [0.3, 0.4) is 0 Å². The Hall–Kier alpha value is -1.31. The van der Waals surface area contributed by atoms with Crippen molar-refractivity contribution < 1.29 is 9.90 Å². The van der Waals surface area contributed by atoms with Gasteiger partial charge in [-0.05, 0) is 17.5 Å². The zero-order valence-electron chi connectivity index (χ0n) is 7.08. The van der Waals surface area contributed by atoms with E-state index in [1.54, 1.807) is 0 Å². The molecule has 1 N–H and O–H groups in total. The Morgan fingerprint density at radius 3 is 2.67 bits per heavy atom. The first-order chi connectivity index (χ1) is 5.72. The minimum absolute atomic E-state index is 0.119. The summed E-state index contributed by atoms with van der Waals surface area (Å²) in [5.41, 5.74) is 2.07. The van der Waals surface area contributed by atoms with Gasteiger partial charge in [-0.15, -0.1) is 0 Å². The molecule has 64 valence electrons. The molecule has 0 aliphatic rings. The molecule has 0 aromatic heterocycles. The van der Waals surface area contributed by atoms with E-state index in [4.69, 9.17) is 5.11 Å². The summed E-state index contributed by atoms with van der Waals surface area (Å²) < 4.78 is 0. The highest BCUT2D eigenvalue weighted by atomic mass is 16.4. The second-order valence-corrected chi connectivity index (χ2v) is 2.74. The first-order valence-corrected chi connectivity index (χ1v) is 4.02. The largest absolute Gasteiger partial charge is 0.481 e. The predicted molar refractivity (Wildman–Crippen MR) is 47.2 cm³/mol. The van der Waals surface area contributed by atoms with Gasteiger partial charge in [0.05, 0.1) is 6.42 Å². The quantitative estimate of drug-likeness (QED) is 0.740. The second kappa shape index (κ2) is 3.90.